The minimum absolute atomic E-state index is 0.0622. The molecular formula is C14H13N7OS. The molecule has 0 aliphatic carbocycles. The summed E-state index contributed by atoms with van der Waals surface area (Å²) in [4.78, 5) is 17.2. The Labute approximate surface area is 135 Å². The Balaban J connectivity index is 1.56. The molecule has 0 radical (unpaired) electrons. The molecule has 9 heteroatoms. The Morgan fingerprint density at radius 2 is 2.22 bits per heavy atom. The van der Waals surface area contributed by atoms with Crippen molar-refractivity contribution in [1.29, 1.82) is 0 Å². The van der Waals surface area contributed by atoms with E-state index in [4.69, 9.17) is 0 Å². The van der Waals surface area contributed by atoms with Crippen molar-refractivity contribution >= 4 is 23.5 Å². The van der Waals surface area contributed by atoms with Gasteiger partial charge >= 0.3 is 0 Å². The highest BCUT2D eigenvalue weighted by molar-refractivity contribution is 7.09. The number of carbonyl (C=O) groups is 1. The van der Waals surface area contributed by atoms with E-state index in [1.54, 1.807) is 0 Å². The summed E-state index contributed by atoms with van der Waals surface area (Å²) in [5.41, 5.74) is 3.95. The molecule has 1 N–H and O–H groups in total. The minimum Gasteiger partial charge on any atom is -0.271 e. The van der Waals surface area contributed by atoms with Crippen molar-refractivity contribution < 1.29 is 4.79 Å². The van der Waals surface area contributed by atoms with Crippen LogP contribution >= 0.6 is 11.3 Å². The normalized spacial score (nSPS) is 11.0. The molecular weight excluding hydrogens is 314 g/mol. The van der Waals surface area contributed by atoms with Crippen LogP contribution in [0.5, 0.6) is 0 Å². The van der Waals surface area contributed by atoms with Crippen LogP contribution in [0.3, 0.4) is 0 Å². The van der Waals surface area contributed by atoms with Crippen LogP contribution in [0.2, 0.25) is 0 Å². The molecule has 0 aliphatic rings. The number of thiazole rings is 1. The van der Waals surface area contributed by atoms with E-state index in [0.29, 0.717) is 11.5 Å². The topological polar surface area (TPSA) is 98.0 Å². The third-order valence-electron chi connectivity index (χ3n) is 2.79. The van der Waals surface area contributed by atoms with E-state index in [-0.39, 0.29) is 12.5 Å². The molecule has 8 nitrogen and oxygen atoms in total. The van der Waals surface area contributed by atoms with Gasteiger partial charge < -0.3 is 0 Å². The van der Waals surface area contributed by atoms with Gasteiger partial charge in [0.1, 0.15) is 6.54 Å². The van der Waals surface area contributed by atoms with Crippen molar-refractivity contribution in [3.8, 4) is 11.4 Å². The number of nitrogens with zero attached hydrogens (tertiary/aromatic N) is 6. The molecule has 3 rings (SSSR count). The van der Waals surface area contributed by atoms with E-state index in [9.17, 15) is 4.79 Å². The highest BCUT2D eigenvalue weighted by Crippen LogP contribution is 2.11. The highest BCUT2D eigenvalue weighted by Gasteiger charge is 2.08. The Morgan fingerprint density at radius 1 is 1.39 bits per heavy atom. The molecule has 0 unspecified atom stereocenters. The van der Waals surface area contributed by atoms with E-state index < -0.39 is 0 Å². The first-order chi connectivity index (χ1) is 11.2. The number of hydrogen-bond donors (Lipinski definition) is 1. The van der Waals surface area contributed by atoms with Crippen molar-refractivity contribution in [2.24, 2.45) is 5.10 Å². The summed E-state index contributed by atoms with van der Waals surface area (Å²) in [6.45, 7) is 1.84. The Morgan fingerprint density at radius 3 is 2.96 bits per heavy atom. The van der Waals surface area contributed by atoms with Gasteiger partial charge in [-0.05, 0) is 12.1 Å². The predicted molar refractivity (Wildman–Crippen MR) is 85.8 cm³/mol. The zero-order chi connectivity index (χ0) is 16.1. The lowest BCUT2D eigenvalue weighted by atomic mass is 10.2. The van der Waals surface area contributed by atoms with Gasteiger partial charge in [-0.25, -0.2) is 10.4 Å². The number of rotatable bonds is 5. The minimum atomic E-state index is -0.342. The Bertz CT molecular complexity index is 825. The summed E-state index contributed by atoms with van der Waals surface area (Å²) in [6, 6.07) is 9.43. The van der Waals surface area contributed by atoms with Crippen LogP contribution in [0.4, 0.5) is 0 Å². The largest absolute Gasteiger partial charge is 0.271 e. The molecule has 2 aromatic heterocycles. The van der Waals surface area contributed by atoms with Gasteiger partial charge in [0.15, 0.2) is 0 Å². The number of benzene rings is 1. The monoisotopic (exact) mass is 327 g/mol. The maximum atomic E-state index is 11.8. The molecule has 0 aliphatic heterocycles. The molecule has 2 heterocycles. The summed E-state index contributed by atoms with van der Waals surface area (Å²) < 4.78 is 0. The fourth-order valence-corrected chi connectivity index (χ4v) is 2.35. The van der Waals surface area contributed by atoms with Crippen LogP contribution in [-0.2, 0) is 11.3 Å². The molecule has 0 fully saturated rings. The fraction of sp³-hybridized carbons (Fsp3) is 0.143. The molecule has 1 amide bonds. The fourth-order valence-electron chi connectivity index (χ4n) is 1.79. The van der Waals surface area contributed by atoms with Gasteiger partial charge in [0.25, 0.3) is 5.91 Å². The standard InChI is InChI=1S/C14H13N7OS/c1-10-16-12(9-23-10)7-15-17-13(22)8-21-19-14(18-20-21)11-5-3-2-4-6-11/h2-7,9H,8H2,1H3,(H,17,22)/b15-7-. The first kappa shape index (κ1) is 15.0. The highest BCUT2D eigenvalue weighted by atomic mass is 32.1. The quantitative estimate of drug-likeness (QED) is 0.562. The van der Waals surface area contributed by atoms with E-state index >= 15 is 0 Å². The van der Waals surface area contributed by atoms with Crippen molar-refractivity contribution in [1.82, 2.24) is 30.6 Å². The maximum Gasteiger partial charge on any atom is 0.263 e. The molecule has 0 saturated heterocycles. The second-order valence-electron chi connectivity index (χ2n) is 4.59. The Kier molecular flexibility index (Phi) is 4.48. The van der Waals surface area contributed by atoms with Crippen LogP contribution in [-0.4, -0.2) is 37.3 Å². The van der Waals surface area contributed by atoms with Crippen molar-refractivity contribution in [2.75, 3.05) is 0 Å². The molecule has 23 heavy (non-hydrogen) atoms. The molecule has 0 saturated carbocycles. The molecule has 3 aromatic rings. The van der Waals surface area contributed by atoms with Gasteiger partial charge in [0.2, 0.25) is 5.82 Å². The lowest BCUT2D eigenvalue weighted by Gasteiger charge is -1.97. The van der Waals surface area contributed by atoms with Crippen molar-refractivity contribution in [3.05, 3.63) is 46.4 Å². The number of aromatic nitrogens is 5. The second kappa shape index (κ2) is 6.88. The average Bonchev–Trinajstić information content (AvgIpc) is 3.17. The van der Waals surface area contributed by atoms with Gasteiger partial charge in [-0.15, -0.1) is 21.5 Å². The lowest BCUT2D eigenvalue weighted by Crippen LogP contribution is -2.24. The number of carbonyl (C=O) groups excluding carboxylic acids is 1. The van der Waals surface area contributed by atoms with Crippen LogP contribution in [0.15, 0.2) is 40.8 Å². The lowest BCUT2D eigenvalue weighted by molar-refractivity contribution is -0.122. The summed E-state index contributed by atoms with van der Waals surface area (Å²) in [5.74, 6) is 0.130. The van der Waals surface area contributed by atoms with Gasteiger partial charge in [0, 0.05) is 10.9 Å². The third kappa shape index (κ3) is 4.04. The number of aryl methyl sites for hydroxylation is 1. The molecule has 0 spiro atoms. The molecule has 1 aromatic carbocycles. The summed E-state index contributed by atoms with van der Waals surface area (Å²) in [6.07, 6.45) is 1.49. The SMILES string of the molecule is Cc1nc(/C=N\NC(=O)Cn2nnc(-c3ccccc3)n2)cs1. The number of amides is 1. The second-order valence-corrected chi connectivity index (χ2v) is 5.66. The van der Waals surface area contributed by atoms with Gasteiger partial charge in [0.05, 0.1) is 16.9 Å². The van der Waals surface area contributed by atoms with Crippen LogP contribution in [0.25, 0.3) is 11.4 Å². The third-order valence-corrected chi connectivity index (χ3v) is 3.58. The van der Waals surface area contributed by atoms with Crippen molar-refractivity contribution in [3.63, 3.8) is 0 Å². The van der Waals surface area contributed by atoms with Gasteiger partial charge in [-0.3, -0.25) is 4.79 Å². The van der Waals surface area contributed by atoms with Gasteiger partial charge in [-0.2, -0.15) is 9.90 Å². The van der Waals surface area contributed by atoms with Gasteiger partial charge in [-0.1, -0.05) is 30.3 Å². The predicted octanol–water partition coefficient (Wildman–Crippen LogP) is 1.26. The smallest absolute Gasteiger partial charge is 0.263 e. The zero-order valence-electron chi connectivity index (χ0n) is 12.2. The number of tetrazole rings is 1. The van der Waals surface area contributed by atoms with E-state index in [2.05, 4.69) is 30.9 Å². The molecule has 116 valence electrons. The molecule has 0 atom stereocenters. The summed E-state index contributed by atoms with van der Waals surface area (Å²) >= 11 is 1.52. The van der Waals surface area contributed by atoms with Crippen LogP contribution in [0, 0.1) is 6.92 Å². The Hall–Kier alpha value is -2.94. The first-order valence-electron chi connectivity index (χ1n) is 6.78. The number of hydrazone groups is 1. The average molecular weight is 327 g/mol. The van der Waals surface area contributed by atoms with Crippen LogP contribution in [0.1, 0.15) is 10.7 Å². The van der Waals surface area contributed by atoms with E-state index in [1.807, 2.05) is 42.6 Å². The van der Waals surface area contributed by atoms with Crippen LogP contribution < -0.4 is 5.43 Å². The van der Waals surface area contributed by atoms with E-state index in [0.717, 1.165) is 10.6 Å². The maximum absolute atomic E-state index is 11.8. The summed E-state index contributed by atoms with van der Waals surface area (Å²) in [5, 5.41) is 18.6. The number of hydrogen-bond acceptors (Lipinski definition) is 7. The summed E-state index contributed by atoms with van der Waals surface area (Å²) in [7, 11) is 0. The molecule has 0 bridgehead atoms. The van der Waals surface area contributed by atoms with Crippen molar-refractivity contribution in [2.45, 2.75) is 13.5 Å². The van der Waals surface area contributed by atoms with E-state index in [1.165, 1.54) is 22.3 Å². The number of nitrogens with one attached hydrogen (secondary N) is 1. The zero-order valence-corrected chi connectivity index (χ0v) is 13.1. The first-order valence-corrected chi connectivity index (χ1v) is 7.66.